The average molecular weight is 487 g/mol. The van der Waals surface area contributed by atoms with E-state index in [0.29, 0.717) is 35.5 Å². The number of aryl methyl sites for hydroxylation is 1. The lowest BCUT2D eigenvalue weighted by atomic mass is 10.00. The number of benzene rings is 3. The molecule has 2 N–H and O–H groups in total. The number of aromatic carboxylic acids is 1. The summed E-state index contributed by atoms with van der Waals surface area (Å²) in [5.74, 6) is -0.395. The number of hydrogen-bond acceptors (Lipinski definition) is 6. The van der Waals surface area contributed by atoms with Gasteiger partial charge in [-0.3, -0.25) is 5.10 Å². The highest BCUT2D eigenvalue weighted by molar-refractivity contribution is 5.94. The molecule has 0 saturated heterocycles. The molecule has 2 aromatic heterocycles. The fourth-order valence-electron chi connectivity index (χ4n) is 4.62. The van der Waals surface area contributed by atoms with E-state index >= 15 is 0 Å². The molecular formula is C26H19F2N5O3. The number of fused-ring (bicyclic) bond motifs is 3. The van der Waals surface area contributed by atoms with Gasteiger partial charge in [0.1, 0.15) is 11.4 Å². The molecule has 10 heteroatoms. The second-order valence-electron chi connectivity index (χ2n) is 8.50. The van der Waals surface area contributed by atoms with E-state index < -0.39 is 12.6 Å². The van der Waals surface area contributed by atoms with Crippen LogP contribution in [0.5, 0.6) is 5.75 Å². The Labute approximate surface area is 203 Å². The summed E-state index contributed by atoms with van der Waals surface area (Å²) in [7, 11) is 0. The Morgan fingerprint density at radius 2 is 1.94 bits per heavy atom. The Morgan fingerprint density at radius 1 is 1.06 bits per heavy atom. The molecule has 6 rings (SSSR count). The summed E-state index contributed by atoms with van der Waals surface area (Å²) in [5.41, 5.74) is 5.12. The SMILES string of the molecule is O=C(O)c1ccc2nc(-c3ccc4[nH]ncc4c3)c(N3CCCc4cc(OC(F)F)ccc43)nc2c1. The van der Waals surface area contributed by atoms with Crippen LogP contribution in [0.25, 0.3) is 33.2 Å². The highest BCUT2D eigenvalue weighted by Crippen LogP contribution is 2.40. The van der Waals surface area contributed by atoms with Gasteiger partial charge in [-0.05, 0) is 66.9 Å². The number of hydrogen-bond donors (Lipinski definition) is 2. The smallest absolute Gasteiger partial charge is 0.387 e. The summed E-state index contributed by atoms with van der Waals surface area (Å²) >= 11 is 0. The third-order valence-corrected chi connectivity index (χ3v) is 6.26. The van der Waals surface area contributed by atoms with Crippen molar-refractivity contribution in [3.05, 3.63) is 71.9 Å². The van der Waals surface area contributed by atoms with Crippen LogP contribution in [0.4, 0.5) is 20.3 Å². The van der Waals surface area contributed by atoms with Gasteiger partial charge in [0, 0.05) is 23.2 Å². The van der Waals surface area contributed by atoms with Crippen molar-refractivity contribution >= 4 is 39.4 Å². The Balaban J connectivity index is 1.55. The van der Waals surface area contributed by atoms with Crippen molar-refractivity contribution in [3.8, 4) is 17.0 Å². The van der Waals surface area contributed by atoms with Crippen molar-refractivity contribution in [2.24, 2.45) is 0 Å². The van der Waals surface area contributed by atoms with E-state index in [-0.39, 0.29) is 11.3 Å². The second-order valence-corrected chi connectivity index (χ2v) is 8.50. The van der Waals surface area contributed by atoms with Crippen molar-refractivity contribution in [1.29, 1.82) is 0 Å². The highest BCUT2D eigenvalue weighted by Gasteiger charge is 2.25. The number of halogens is 2. The minimum atomic E-state index is -2.90. The lowest BCUT2D eigenvalue weighted by Crippen LogP contribution is -2.26. The number of alkyl halides is 2. The second kappa shape index (κ2) is 8.56. The van der Waals surface area contributed by atoms with Crippen molar-refractivity contribution in [1.82, 2.24) is 20.2 Å². The third kappa shape index (κ3) is 3.86. The molecule has 8 nitrogen and oxygen atoms in total. The minimum Gasteiger partial charge on any atom is -0.478 e. The van der Waals surface area contributed by atoms with Gasteiger partial charge in [-0.1, -0.05) is 6.07 Å². The Bertz CT molecular complexity index is 1640. The fraction of sp³-hybridized carbons (Fsp3) is 0.154. The van der Waals surface area contributed by atoms with E-state index in [1.165, 1.54) is 18.2 Å². The van der Waals surface area contributed by atoms with Crippen molar-refractivity contribution in [2.75, 3.05) is 11.4 Å². The average Bonchev–Trinajstić information content (AvgIpc) is 3.34. The molecule has 0 amide bonds. The molecule has 0 radical (unpaired) electrons. The lowest BCUT2D eigenvalue weighted by Gasteiger charge is -2.32. The summed E-state index contributed by atoms with van der Waals surface area (Å²) in [5, 5.41) is 17.4. The molecule has 0 unspecified atom stereocenters. The number of carbonyl (C=O) groups is 1. The van der Waals surface area contributed by atoms with Gasteiger partial charge < -0.3 is 14.7 Å². The Kier molecular flexibility index (Phi) is 5.21. The number of aromatic nitrogens is 4. The molecular weight excluding hydrogens is 468 g/mol. The van der Waals surface area contributed by atoms with Crippen LogP contribution in [0, 0.1) is 0 Å². The molecule has 0 fully saturated rings. The topological polar surface area (TPSA) is 104 Å². The van der Waals surface area contributed by atoms with Crippen LogP contribution in [0.15, 0.2) is 60.8 Å². The molecule has 0 saturated carbocycles. The molecule has 0 aliphatic carbocycles. The Morgan fingerprint density at radius 3 is 2.78 bits per heavy atom. The fourth-order valence-corrected chi connectivity index (χ4v) is 4.62. The number of H-pyrrole nitrogens is 1. The summed E-state index contributed by atoms with van der Waals surface area (Å²) in [4.78, 5) is 23.3. The van der Waals surface area contributed by atoms with Crippen LogP contribution in [0.3, 0.4) is 0 Å². The molecule has 3 heterocycles. The maximum atomic E-state index is 12.8. The quantitative estimate of drug-likeness (QED) is 0.335. The molecule has 1 aliphatic heterocycles. The molecule has 0 atom stereocenters. The lowest BCUT2D eigenvalue weighted by molar-refractivity contribution is -0.0498. The summed E-state index contributed by atoms with van der Waals surface area (Å²) in [6.45, 7) is -2.27. The number of aromatic amines is 1. The van der Waals surface area contributed by atoms with E-state index in [1.807, 2.05) is 23.1 Å². The summed E-state index contributed by atoms with van der Waals surface area (Å²) < 4.78 is 30.1. The number of ether oxygens (including phenoxy) is 1. The van der Waals surface area contributed by atoms with E-state index in [0.717, 1.165) is 34.1 Å². The van der Waals surface area contributed by atoms with Gasteiger partial charge in [0.15, 0.2) is 5.82 Å². The minimum absolute atomic E-state index is 0.104. The number of nitrogens with one attached hydrogen (secondary N) is 1. The predicted molar refractivity (Wildman–Crippen MR) is 130 cm³/mol. The third-order valence-electron chi connectivity index (χ3n) is 6.26. The zero-order valence-corrected chi connectivity index (χ0v) is 18.8. The zero-order valence-electron chi connectivity index (χ0n) is 18.8. The maximum Gasteiger partial charge on any atom is 0.387 e. The van der Waals surface area contributed by atoms with Gasteiger partial charge in [0.05, 0.1) is 28.3 Å². The molecule has 0 spiro atoms. The zero-order chi connectivity index (χ0) is 24.8. The maximum absolute atomic E-state index is 12.8. The summed E-state index contributed by atoms with van der Waals surface area (Å²) in [6.07, 6.45) is 3.19. The molecule has 3 aromatic carbocycles. The van der Waals surface area contributed by atoms with Crippen molar-refractivity contribution in [2.45, 2.75) is 19.5 Å². The van der Waals surface area contributed by atoms with Gasteiger partial charge in [-0.2, -0.15) is 13.9 Å². The molecule has 36 heavy (non-hydrogen) atoms. The van der Waals surface area contributed by atoms with Gasteiger partial charge in [-0.25, -0.2) is 14.8 Å². The normalized spacial score (nSPS) is 13.4. The largest absolute Gasteiger partial charge is 0.478 e. The molecule has 1 aliphatic rings. The van der Waals surface area contributed by atoms with Crippen LogP contribution in [-0.2, 0) is 6.42 Å². The van der Waals surface area contributed by atoms with Gasteiger partial charge in [0.2, 0.25) is 0 Å². The number of carboxylic acids is 1. The van der Waals surface area contributed by atoms with E-state index in [9.17, 15) is 18.7 Å². The predicted octanol–water partition coefficient (Wildman–Crippen LogP) is 5.56. The number of carboxylic acid groups (broad SMARTS) is 1. The first-order valence-corrected chi connectivity index (χ1v) is 11.3. The van der Waals surface area contributed by atoms with Crippen LogP contribution < -0.4 is 9.64 Å². The first kappa shape index (κ1) is 21.9. The first-order chi connectivity index (χ1) is 17.5. The molecule has 5 aromatic rings. The van der Waals surface area contributed by atoms with E-state index in [4.69, 9.17) is 9.97 Å². The highest BCUT2D eigenvalue weighted by atomic mass is 19.3. The first-order valence-electron chi connectivity index (χ1n) is 11.3. The van der Waals surface area contributed by atoms with Gasteiger partial charge >= 0.3 is 12.6 Å². The standard InChI is InChI=1S/C26H19F2N5O3/c27-26(28)36-18-5-8-22-14(11-18)2-1-9-33(22)24-23(15-3-6-19-17(10-15)13-29-32-19)30-20-7-4-16(25(34)35)12-21(20)31-24/h3-8,10-13,26H,1-2,9H2,(H,29,32)(H,34,35). The van der Waals surface area contributed by atoms with Gasteiger partial charge in [0.25, 0.3) is 0 Å². The van der Waals surface area contributed by atoms with Crippen molar-refractivity contribution < 1.29 is 23.4 Å². The van der Waals surface area contributed by atoms with Crippen LogP contribution in [0.1, 0.15) is 22.3 Å². The molecule has 180 valence electrons. The summed E-state index contributed by atoms with van der Waals surface area (Å²) in [6, 6.07) is 15.3. The van der Waals surface area contributed by atoms with Crippen LogP contribution in [0.2, 0.25) is 0 Å². The number of rotatable bonds is 5. The number of nitrogens with zero attached hydrogens (tertiary/aromatic N) is 4. The number of anilines is 2. The Hall–Kier alpha value is -4.60. The molecule has 0 bridgehead atoms. The van der Waals surface area contributed by atoms with Gasteiger partial charge in [-0.15, -0.1) is 0 Å². The monoisotopic (exact) mass is 487 g/mol. The van der Waals surface area contributed by atoms with Crippen LogP contribution in [-0.4, -0.2) is 44.4 Å². The van der Waals surface area contributed by atoms with E-state index in [2.05, 4.69) is 14.9 Å². The van der Waals surface area contributed by atoms with Crippen molar-refractivity contribution in [3.63, 3.8) is 0 Å². The van der Waals surface area contributed by atoms with E-state index in [1.54, 1.807) is 24.4 Å². The van der Waals surface area contributed by atoms with Crippen LogP contribution >= 0.6 is 0 Å².